The van der Waals surface area contributed by atoms with E-state index in [1.54, 1.807) is 18.1 Å². The van der Waals surface area contributed by atoms with Gasteiger partial charge in [0.15, 0.2) is 0 Å². The highest BCUT2D eigenvalue weighted by molar-refractivity contribution is 7.99. The first kappa shape index (κ1) is 12.2. The first-order valence-electron chi connectivity index (χ1n) is 5.85. The number of H-pyrrole nitrogens is 1. The summed E-state index contributed by atoms with van der Waals surface area (Å²) >= 11 is 1.74. The third kappa shape index (κ3) is 2.91. The molecule has 0 spiro atoms. The van der Waals surface area contributed by atoms with Crippen LogP contribution in [0.15, 0.2) is 34.4 Å². The molecule has 0 bridgehead atoms. The standard InChI is InChI=1S/C14H18N2S/c1-9(2)13-14(16-8-15-13)17-12-6-10(3)5-11(4)7-12/h5-9H,1-4H3,(H,15,16). The number of aromatic nitrogens is 2. The van der Waals surface area contributed by atoms with E-state index in [1.807, 2.05) is 0 Å². The van der Waals surface area contributed by atoms with E-state index >= 15 is 0 Å². The number of benzene rings is 1. The third-order valence-corrected chi connectivity index (χ3v) is 3.61. The summed E-state index contributed by atoms with van der Waals surface area (Å²) in [5, 5.41) is 1.09. The Morgan fingerprint density at radius 1 is 1.12 bits per heavy atom. The van der Waals surface area contributed by atoms with Gasteiger partial charge in [0, 0.05) is 4.90 Å². The highest BCUT2D eigenvalue weighted by Crippen LogP contribution is 2.32. The molecule has 0 aliphatic rings. The van der Waals surface area contributed by atoms with Crippen molar-refractivity contribution in [3.05, 3.63) is 41.3 Å². The summed E-state index contributed by atoms with van der Waals surface area (Å²) in [5.74, 6) is 0.478. The predicted octanol–water partition coefficient (Wildman–Crippen LogP) is 4.30. The van der Waals surface area contributed by atoms with Gasteiger partial charge in [0.25, 0.3) is 0 Å². The average Bonchev–Trinajstić information content (AvgIpc) is 2.63. The van der Waals surface area contributed by atoms with E-state index in [-0.39, 0.29) is 0 Å². The number of hydrogen-bond donors (Lipinski definition) is 1. The van der Waals surface area contributed by atoms with Gasteiger partial charge in [0.1, 0.15) is 5.03 Å². The van der Waals surface area contributed by atoms with E-state index in [2.05, 4.69) is 55.9 Å². The van der Waals surface area contributed by atoms with Gasteiger partial charge in [0.05, 0.1) is 12.0 Å². The molecule has 2 aromatic rings. The van der Waals surface area contributed by atoms with E-state index in [0.29, 0.717) is 5.92 Å². The van der Waals surface area contributed by atoms with Gasteiger partial charge in [-0.15, -0.1) is 0 Å². The van der Waals surface area contributed by atoms with Crippen molar-refractivity contribution < 1.29 is 0 Å². The molecule has 0 unspecified atom stereocenters. The Labute approximate surface area is 107 Å². The average molecular weight is 246 g/mol. The lowest BCUT2D eigenvalue weighted by atomic mass is 10.2. The van der Waals surface area contributed by atoms with Crippen molar-refractivity contribution in [2.24, 2.45) is 0 Å². The maximum atomic E-state index is 4.40. The fourth-order valence-electron chi connectivity index (χ4n) is 1.89. The number of imidazole rings is 1. The summed E-state index contributed by atoms with van der Waals surface area (Å²) in [5.41, 5.74) is 3.82. The van der Waals surface area contributed by atoms with Crippen LogP contribution in [0.3, 0.4) is 0 Å². The third-order valence-electron chi connectivity index (χ3n) is 2.62. The van der Waals surface area contributed by atoms with Crippen molar-refractivity contribution in [1.29, 1.82) is 0 Å². The Morgan fingerprint density at radius 3 is 2.35 bits per heavy atom. The van der Waals surface area contributed by atoms with E-state index in [4.69, 9.17) is 0 Å². The minimum Gasteiger partial charge on any atom is -0.347 e. The van der Waals surface area contributed by atoms with Crippen LogP contribution in [0.25, 0.3) is 0 Å². The zero-order valence-electron chi connectivity index (χ0n) is 10.7. The predicted molar refractivity (Wildman–Crippen MR) is 72.7 cm³/mol. The van der Waals surface area contributed by atoms with Crippen LogP contribution in [0, 0.1) is 13.8 Å². The first-order chi connectivity index (χ1) is 8.06. The zero-order chi connectivity index (χ0) is 12.4. The number of nitrogens with one attached hydrogen (secondary N) is 1. The smallest absolute Gasteiger partial charge is 0.122 e. The Bertz CT molecular complexity index is 494. The SMILES string of the molecule is Cc1cc(C)cc(Sc2nc[nH]c2C(C)C)c1. The molecule has 0 saturated heterocycles. The lowest BCUT2D eigenvalue weighted by Gasteiger charge is -2.07. The normalized spacial score (nSPS) is 11.1. The van der Waals surface area contributed by atoms with Gasteiger partial charge in [-0.2, -0.15) is 0 Å². The molecule has 1 heterocycles. The molecule has 17 heavy (non-hydrogen) atoms. The molecule has 0 aliphatic heterocycles. The van der Waals surface area contributed by atoms with Crippen molar-refractivity contribution in [1.82, 2.24) is 9.97 Å². The fraction of sp³-hybridized carbons (Fsp3) is 0.357. The summed E-state index contributed by atoms with van der Waals surface area (Å²) in [6, 6.07) is 6.60. The van der Waals surface area contributed by atoms with Gasteiger partial charge >= 0.3 is 0 Å². The molecule has 0 fully saturated rings. The Balaban J connectivity index is 2.28. The van der Waals surface area contributed by atoms with E-state index in [0.717, 1.165) is 5.03 Å². The van der Waals surface area contributed by atoms with Crippen LogP contribution in [0.5, 0.6) is 0 Å². The minimum absolute atomic E-state index is 0.478. The summed E-state index contributed by atoms with van der Waals surface area (Å²) in [6.07, 6.45) is 1.78. The highest BCUT2D eigenvalue weighted by atomic mass is 32.2. The minimum atomic E-state index is 0.478. The fourth-order valence-corrected chi connectivity index (χ4v) is 3.11. The van der Waals surface area contributed by atoms with E-state index in [1.165, 1.54) is 21.7 Å². The number of hydrogen-bond acceptors (Lipinski definition) is 2. The van der Waals surface area contributed by atoms with Crippen LogP contribution < -0.4 is 0 Å². The van der Waals surface area contributed by atoms with Gasteiger partial charge in [-0.25, -0.2) is 4.98 Å². The Hall–Kier alpha value is -1.22. The molecular formula is C14H18N2S. The molecule has 2 rings (SSSR count). The van der Waals surface area contributed by atoms with Crippen LogP contribution in [0.2, 0.25) is 0 Å². The number of rotatable bonds is 3. The van der Waals surface area contributed by atoms with E-state index in [9.17, 15) is 0 Å². The van der Waals surface area contributed by atoms with Crippen LogP contribution in [0.1, 0.15) is 36.6 Å². The molecule has 1 aromatic carbocycles. The molecule has 0 aliphatic carbocycles. The summed E-state index contributed by atoms with van der Waals surface area (Å²) in [4.78, 5) is 8.88. The second-order valence-electron chi connectivity index (χ2n) is 4.70. The number of nitrogens with zero attached hydrogens (tertiary/aromatic N) is 1. The monoisotopic (exact) mass is 246 g/mol. The van der Waals surface area contributed by atoms with Crippen molar-refractivity contribution in [3.63, 3.8) is 0 Å². The van der Waals surface area contributed by atoms with Crippen LogP contribution in [-0.4, -0.2) is 9.97 Å². The largest absolute Gasteiger partial charge is 0.347 e. The van der Waals surface area contributed by atoms with Crippen LogP contribution >= 0.6 is 11.8 Å². The first-order valence-corrected chi connectivity index (χ1v) is 6.67. The van der Waals surface area contributed by atoms with E-state index < -0.39 is 0 Å². The molecule has 1 aromatic heterocycles. The van der Waals surface area contributed by atoms with Crippen LogP contribution in [0.4, 0.5) is 0 Å². The molecule has 1 N–H and O–H groups in total. The maximum absolute atomic E-state index is 4.40. The summed E-state index contributed by atoms with van der Waals surface area (Å²) in [6.45, 7) is 8.62. The van der Waals surface area contributed by atoms with Crippen LogP contribution in [-0.2, 0) is 0 Å². The van der Waals surface area contributed by atoms with Gasteiger partial charge in [-0.05, 0) is 43.0 Å². The molecule has 0 amide bonds. The quantitative estimate of drug-likeness (QED) is 0.874. The topological polar surface area (TPSA) is 28.7 Å². The summed E-state index contributed by atoms with van der Waals surface area (Å²) < 4.78 is 0. The molecule has 2 nitrogen and oxygen atoms in total. The van der Waals surface area contributed by atoms with Crippen molar-refractivity contribution >= 4 is 11.8 Å². The molecule has 90 valence electrons. The number of aromatic amines is 1. The maximum Gasteiger partial charge on any atom is 0.122 e. The second-order valence-corrected chi connectivity index (χ2v) is 5.76. The lowest BCUT2D eigenvalue weighted by molar-refractivity contribution is 0.805. The van der Waals surface area contributed by atoms with Crippen molar-refractivity contribution in [3.8, 4) is 0 Å². The van der Waals surface area contributed by atoms with Crippen molar-refractivity contribution in [2.75, 3.05) is 0 Å². The van der Waals surface area contributed by atoms with Gasteiger partial charge in [0.2, 0.25) is 0 Å². The second kappa shape index (κ2) is 4.96. The highest BCUT2D eigenvalue weighted by Gasteiger charge is 2.10. The zero-order valence-corrected chi connectivity index (χ0v) is 11.6. The Morgan fingerprint density at radius 2 is 1.76 bits per heavy atom. The molecular weight excluding hydrogens is 228 g/mol. The molecule has 0 atom stereocenters. The molecule has 0 radical (unpaired) electrons. The van der Waals surface area contributed by atoms with Crippen molar-refractivity contribution in [2.45, 2.75) is 43.5 Å². The Kier molecular flexibility index (Phi) is 3.57. The molecule has 0 saturated carbocycles. The summed E-state index contributed by atoms with van der Waals surface area (Å²) in [7, 11) is 0. The number of aryl methyl sites for hydroxylation is 2. The lowest BCUT2D eigenvalue weighted by Crippen LogP contribution is -1.90. The van der Waals surface area contributed by atoms with Gasteiger partial charge in [-0.1, -0.05) is 31.7 Å². The van der Waals surface area contributed by atoms with Gasteiger partial charge in [-0.3, -0.25) is 0 Å². The van der Waals surface area contributed by atoms with Gasteiger partial charge < -0.3 is 4.98 Å². The molecule has 3 heteroatoms.